The average molecular weight is 364 g/mol. The van der Waals surface area contributed by atoms with Gasteiger partial charge >= 0.3 is 0 Å². The molecule has 4 rings (SSSR count). The first-order valence-corrected chi connectivity index (χ1v) is 10.1. The van der Waals surface area contributed by atoms with Gasteiger partial charge in [-0.3, -0.25) is 9.78 Å². The number of nitrogens with zero attached hydrogens (tertiary/aromatic N) is 4. The lowest BCUT2D eigenvalue weighted by Gasteiger charge is -2.38. The highest BCUT2D eigenvalue weighted by molar-refractivity contribution is 5.98. The molecule has 2 aliphatic heterocycles. The summed E-state index contributed by atoms with van der Waals surface area (Å²) in [6, 6.07) is 12.3. The molecule has 0 aliphatic carbocycles. The van der Waals surface area contributed by atoms with E-state index in [1.165, 1.54) is 24.8 Å². The van der Waals surface area contributed by atoms with Gasteiger partial charge in [0.05, 0.1) is 11.4 Å². The van der Waals surface area contributed by atoms with E-state index in [9.17, 15) is 4.79 Å². The van der Waals surface area contributed by atoms with Crippen LogP contribution < -0.4 is 9.80 Å². The van der Waals surface area contributed by atoms with E-state index in [0.29, 0.717) is 6.42 Å². The van der Waals surface area contributed by atoms with Crippen molar-refractivity contribution < 1.29 is 4.79 Å². The predicted octanol–water partition coefficient (Wildman–Crippen LogP) is 3.31. The monoisotopic (exact) mass is 364 g/mol. The number of para-hydroxylation sites is 2. The van der Waals surface area contributed by atoms with Gasteiger partial charge in [0.15, 0.2) is 0 Å². The van der Waals surface area contributed by atoms with Crippen LogP contribution in [0.2, 0.25) is 0 Å². The zero-order valence-corrected chi connectivity index (χ0v) is 15.9. The molecule has 0 atom stereocenters. The number of hydrogen-bond acceptors (Lipinski definition) is 4. The van der Waals surface area contributed by atoms with Crippen molar-refractivity contribution in [2.24, 2.45) is 0 Å². The fourth-order valence-corrected chi connectivity index (χ4v) is 4.13. The lowest BCUT2D eigenvalue weighted by molar-refractivity contribution is -0.119. The summed E-state index contributed by atoms with van der Waals surface area (Å²) in [5.74, 6) is 0.244. The molecule has 1 aromatic carbocycles. The van der Waals surface area contributed by atoms with Crippen LogP contribution in [0.25, 0.3) is 0 Å². The third-order valence-corrected chi connectivity index (χ3v) is 5.59. The maximum absolute atomic E-state index is 12.9. The number of benzene rings is 1. The largest absolute Gasteiger partial charge is 0.364 e. The Balaban J connectivity index is 1.44. The molecule has 0 spiro atoms. The van der Waals surface area contributed by atoms with Crippen LogP contribution in [-0.4, -0.2) is 48.5 Å². The molecule has 2 aromatic rings. The number of pyridine rings is 1. The van der Waals surface area contributed by atoms with Gasteiger partial charge in [0.25, 0.3) is 0 Å². The maximum Gasteiger partial charge on any atom is 0.228 e. The Morgan fingerprint density at radius 1 is 0.926 bits per heavy atom. The molecule has 27 heavy (non-hydrogen) atoms. The van der Waals surface area contributed by atoms with E-state index in [1.54, 1.807) is 6.20 Å². The minimum Gasteiger partial charge on any atom is -0.364 e. The van der Waals surface area contributed by atoms with Crippen LogP contribution >= 0.6 is 0 Å². The van der Waals surface area contributed by atoms with Gasteiger partial charge in [-0.15, -0.1) is 0 Å². The number of aromatic nitrogens is 1. The number of hydrogen-bond donors (Lipinski definition) is 0. The summed E-state index contributed by atoms with van der Waals surface area (Å²) >= 11 is 0. The number of likely N-dealkylation sites (tertiary alicyclic amines) is 1. The van der Waals surface area contributed by atoms with Crippen molar-refractivity contribution in [3.05, 3.63) is 54.4 Å². The van der Waals surface area contributed by atoms with Gasteiger partial charge in [0.2, 0.25) is 5.91 Å². The quantitative estimate of drug-likeness (QED) is 0.816. The Morgan fingerprint density at radius 3 is 2.52 bits per heavy atom. The van der Waals surface area contributed by atoms with Gasteiger partial charge in [-0.1, -0.05) is 24.6 Å². The second-order valence-corrected chi connectivity index (χ2v) is 7.47. The Labute approximate surface area is 161 Å². The van der Waals surface area contributed by atoms with Gasteiger partial charge < -0.3 is 14.7 Å². The van der Waals surface area contributed by atoms with E-state index in [4.69, 9.17) is 0 Å². The molecular formula is C22H28N4O. The molecule has 5 nitrogen and oxygen atoms in total. The van der Waals surface area contributed by atoms with Crippen molar-refractivity contribution in [2.75, 3.05) is 42.5 Å². The van der Waals surface area contributed by atoms with Crippen LogP contribution in [0, 0.1) is 0 Å². The standard InChI is InChI=1S/C22H28N4O/c27-22(10-14-24-12-4-1-5-13-24)26-16-15-25(18-19-7-6-11-23-17-19)20-8-2-3-9-21(20)26/h2-3,6-9,11,17H,1,4-5,10,12-16,18H2. The van der Waals surface area contributed by atoms with E-state index < -0.39 is 0 Å². The molecule has 1 saturated heterocycles. The number of carbonyl (C=O) groups is 1. The van der Waals surface area contributed by atoms with Crippen molar-refractivity contribution >= 4 is 17.3 Å². The fourth-order valence-electron chi connectivity index (χ4n) is 4.13. The molecule has 3 heterocycles. The summed E-state index contributed by atoms with van der Waals surface area (Å²) in [4.78, 5) is 23.9. The van der Waals surface area contributed by atoms with Crippen LogP contribution in [0.4, 0.5) is 11.4 Å². The summed E-state index contributed by atoms with van der Waals surface area (Å²) in [5, 5.41) is 0. The molecule has 0 saturated carbocycles. The molecule has 2 aliphatic rings. The SMILES string of the molecule is O=C(CCN1CCCCC1)N1CCN(Cc2cccnc2)c2ccccc21. The molecule has 5 heteroatoms. The molecule has 0 radical (unpaired) electrons. The van der Waals surface area contributed by atoms with E-state index in [2.05, 4.69) is 39.0 Å². The highest BCUT2D eigenvalue weighted by atomic mass is 16.2. The van der Waals surface area contributed by atoms with Crippen LogP contribution in [0.3, 0.4) is 0 Å². The van der Waals surface area contributed by atoms with E-state index in [-0.39, 0.29) is 5.91 Å². The van der Waals surface area contributed by atoms with E-state index >= 15 is 0 Å². The molecule has 1 fully saturated rings. The van der Waals surface area contributed by atoms with Crippen molar-refractivity contribution in [1.29, 1.82) is 0 Å². The topological polar surface area (TPSA) is 39.7 Å². The van der Waals surface area contributed by atoms with Crippen LogP contribution in [0.15, 0.2) is 48.8 Å². The molecule has 1 aromatic heterocycles. The summed E-state index contributed by atoms with van der Waals surface area (Å²) < 4.78 is 0. The third-order valence-electron chi connectivity index (χ3n) is 5.59. The van der Waals surface area contributed by atoms with Gasteiger partial charge in [0.1, 0.15) is 0 Å². The van der Waals surface area contributed by atoms with Crippen molar-refractivity contribution in [2.45, 2.75) is 32.2 Å². The fraction of sp³-hybridized carbons (Fsp3) is 0.455. The number of fused-ring (bicyclic) bond motifs is 1. The highest BCUT2D eigenvalue weighted by Crippen LogP contribution is 2.34. The zero-order chi connectivity index (χ0) is 18.5. The van der Waals surface area contributed by atoms with Gasteiger partial charge in [-0.05, 0) is 49.7 Å². The number of rotatable bonds is 5. The number of piperidine rings is 1. The molecule has 142 valence electrons. The minimum absolute atomic E-state index is 0.244. The van der Waals surface area contributed by atoms with Gasteiger partial charge in [-0.25, -0.2) is 0 Å². The van der Waals surface area contributed by atoms with E-state index in [0.717, 1.165) is 50.6 Å². The number of carbonyl (C=O) groups excluding carboxylic acids is 1. The van der Waals surface area contributed by atoms with Crippen molar-refractivity contribution in [3.63, 3.8) is 0 Å². The van der Waals surface area contributed by atoms with Crippen molar-refractivity contribution in [1.82, 2.24) is 9.88 Å². The minimum atomic E-state index is 0.244. The lowest BCUT2D eigenvalue weighted by Crippen LogP contribution is -2.45. The summed E-state index contributed by atoms with van der Waals surface area (Å²) in [6.07, 6.45) is 8.19. The molecule has 0 bridgehead atoms. The zero-order valence-electron chi connectivity index (χ0n) is 15.9. The summed E-state index contributed by atoms with van der Waals surface area (Å²) in [5.41, 5.74) is 3.37. The second kappa shape index (κ2) is 8.53. The van der Waals surface area contributed by atoms with Crippen LogP contribution in [0.5, 0.6) is 0 Å². The smallest absolute Gasteiger partial charge is 0.228 e. The van der Waals surface area contributed by atoms with Crippen LogP contribution in [-0.2, 0) is 11.3 Å². The number of anilines is 2. The first-order chi connectivity index (χ1) is 13.3. The second-order valence-electron chi connectivity index (χ2n) is 7.47. The predicted molar refractivity (Wildman–Crippen MR) is 109 cm³/mol. The first kappa shape index (κ1) is 18.0. The van der Waals surface area contributed by atoms with Crippen LogP contribution in [0.1, 0.15) is 31.2 Å². The Bertz CT molecular complexity index is 758. The molecule has 0 unspecified atom stereocenters. The molecule has 0 N–H and O–H groups in total. The summed E-state index contributed by atoms with van der Waals surface area (Å²) in [6.45, 7) is 5.58. The third kappa shape index (κ3) is 4.30. The Kier molecular flexibility index (Phi) is 5.68. The van der Waals surface area contributed by atoms with E-state index in [1.807, 2.05) is 23.2 Å². The number of amides is 1. The normalized spacial score (nSPS) is 17.6. The highest BCUT2D eigenvalue weighted by Gasteiger charge is 2.26. The van der Waals surface area contributed by atoms with Gasteiger partial charge in [-0.2, -0.15) is 0 Å². The Morgan fingerprint density at radius 2 is 1.74 bits per heavy atom. The average Bonchev–Trinajstić information content (AvgIpc) is 2.74. The Hall–Kier alpha value is -2.40. The lowest BCUT2D eigenvalue weighted by atomic mass is 10.1. The maximum atomic E-state index is 12.9. The van der Waals surface area contributed by atoms with Crippen molar-refractivity contribution in [3.8, 4) is 0 Å². The summed E-state index contributed by atoms with van der Waals surface area (Å²) in [7, 11) is 0. The molecule has 1 amide bonds. The van der Waals surface area contributed by atoms with Gasteiger partial charge in [0, 0.05) is 45.0 Å². The molecular weight excluding hydrogens is 336 g/mol. The first-order valence-electron chi connectivity index (χ1n) is 10.1.